The highest BCUT2D eigenvalue weighted by atomic mass is 35.5. The Kier molecular flexibility index (Phi) is 4.38. The molecule has 4 N–H and O–H groups in total. The summed E-state index contributed by atoms with van der Waals surface area (Å²) in [5, 5.41) is 8.99. The summed E-state index contributed by atoms with van der Waals surface area (Å²) in [6, 6.07) is 5.53. The molecule has 0 spiro atoms. The standard InChI is InChI=1S/C7H9ClO7P2/c8-5-3-1-2-4-6(5)15-17(13,14)7(9)16(10,11)12/h1-4,7,9H,(H,13,14)(H2,10,11,12). The van der Waals surface area contributed by atoms with Crippen molar-refractivity contribution in [1.29, 1.82) is 0 Å². The lowest BCUT2D eigenvalue weighted by Crippen LogP contribution is -2.12. The van der Waals surface area contributed by atoms with Crippen molar-refractivity contribution >= 4 is 26.8 Å². The van der Waals surface area contributed by atoms with Crippen molar-refractivity contribution in [2.45, 2.75) is 5.59 Å². The summed E-state index contributed by atoms with van der Waals surface area (Å²) < 4.78 is 26.5. The maximum absolute atomic E-state index is 11.4. The second-order valence-corrected chi connectivity index (χ2v) is 7.30. The van der Waals surface area contributed by atoms with Crippen molar-refractivity contribution in [3.05, 3.63) is 29.3 Å². The third-order valence-electron chi connectivity index (χ3n) is 1.66. The molecule has 0 bridgehead atoms. The van der Waals surface area contributed by atoms with E-state index in [-0.39, 0.29) is 10.8 Å². The highest BCUT2D eigenvalue weighted by Gasteiger charge is 2.45. The second kappa shape index (κ2) is 5.08. The summed E-state index contributed by atoms with van der Waals surface area (Å²) in [5.74, 6) is -0.257. The molecular formula is C7H9ClO7P2. The Bertz CT molecular complexity index is 499. The van der Waals surface area contributed by atoms with Crippen LogP contribution in [0.3, 0.4) is 0 Å². The Labute approximate surface area is 101 Å². The van der Waals surface area contributed by atoms with E-state index in [2.05, 4.69) is 4.52 Å². The molecule has 0 saturated heterocycles. The van der Waals surface area contributed by atoms with Crippen molar-refractivity contribution in [2.75, 3.05) is 0 Å². The van der Waals surface area contributed by atoms with Crippen LogP contribution >= 0.6 is 26.8 Å². The van der Waals surface area contributed by atoms with E-state index in [0.717, 1.165) is 0 Å². The molecule has 0 amide bonds. The van der Waals surface area contributed by atoms with Gasteiger partial charge in [-0.15, -0.1) is 0 Å². The highest BCUT2D eigenvalue weighted by Crippen LogP contribution is 2.61. The van der Waals surface area contributed by atoms with E-state index in [1.54, 1.807) is 0 Å². The van der Waals surface area contributed by atoms with Gasteiger partial charge in [-0.05, 0) is 12.1 Å². The molecule has 2 atom stereocenters. The summed E-state index contributed by atoms with van der Waals surface area (Å²) in [6.07, 6.45) is 0. The molecule has 1 aromatic carbocycles. The van der Waals surface area contributed by atoms with Gasteiger partial charge in [-0.25, -0.2) is 4.57 Å². The predicted molar refractivity (Wildman–Crippen MR) is 60.0 cm³/mol. The summed E-state index contributed by atoms with van der Waals surface area (Å²) in [5.41, 5.74) is -2.81. The van der Waals surface area contributed by atoms with Crippen LogP contribution in [0.5, 0.6) is 5.75 Å². The molecule has 0 aliphatic heterocycles. The van der Waals surface area contributed by atoms with Crippen LogP contribution in [-0.2, 0) is 9.13 Å². The summed E-state index contributed by atoms with van der Waals surface area (Å²) >= 11 is 5.62. The maximum Gasteiger partial charge on any atom is 0.417 e. The van der Waals surface area contributed by atoms with Crippen LogP contribution < -0.4 is 4.52 Å². The van der Waals surface area contributed by atoms with E-state index in [0.29, 0.717) is 0 Å². The fourth-order valence-corrected chi connectivity index (χ4v) is 3.32. The van der Waals surface area contributed by atoms with Gasteiger partial charge in [0.15, 0.2) is 0 Å². The Morgan fingerprint density at radius 3 is 2.18 bits per heavy atom. The van der Waals surface area contributed by atoms with Gasteiger partial charge < -0.3 is 24.3 Å². The van der Waals surface area contributed by atoms with E-state index >= 15 is 0 Å². The Morgan fingerprint density at radius 1 is 1.18 bits per heavy atom. The SMILES string of the molecule is O=P(O)(O)C(O)P(=O)(O)Oc1ccccc1Cl. The van der Waals surface area contributed by atoms with Crippen molar-refractivity contribution < 1.29 is 33.4 Å². The number of halogens is 1. The molecule has 1 rings (SSSR count). The van der Waals surface area contributed by atoms with Crippen LogP contribution in [0.15, 0.2) is 24.3 Å². The molecule has 2 unspecified atom stereocenters. The van der Waals surface area contributed by atoms with Gasteiger partial charge >= 0.3 is 15.2 Å². The number of para-hydroxylation sites is 1. The van der Waals surface area contributed by atoms with Gasteiger partial charge in [0.25, 0.3) is 5.59 Å². The first kappa shape index (κ1) is 14.7. The number of hydrogen-bond donors (Lipinski definition) is 4. The van der Waals surface area contributed by atoms with E-state index in [1.165, 1.54) is 24.3 Å². The van der Waals surface area contributed by atoms with Crippen LogP contribution in [0.25, 0.3) is 0 Å². The predicted octanol–water partition coefficient (Wildman–Crippen LogP) is 1.36. The molecule has 0 aromatic heterocycles. The monoisotopic (exact) mass is 302 g/mol. The minimum atomic E-state index is -5.16. The van der Waals surface area contributed by atoms with Crippen LogP contribution in [-0.4, -0.2) is 25.4 Å². The zero-order valence-corrected chi connectivity index (χ0v) is 10.7. The molecule has 7 nitrogen and oxygen atoms in total. The fraction of sp³-hybridized carbons (Fsp3) is 0.143. The van der Waals surface area contributed by atoms with Gasteiger partial charge in [-0.3, -0.25) is 4.57 Å². The molecule has 0 saturated carbocycles. The topological polar surface area (TPSA) is 124 Å². The highest BCUT2D eigenvalue weighted by molar-refractivity contribution is 7.71. The van der Waals surface area contributed by atoms with Gasteiger partial charge in [0, 0.05) is 0 Å². The van der Waals surface area contributed by atoms with Crippen LogP contribution in [0.2, 0.25) is 5.02 Å². The average Bonchev–Trinajstić information content (AvgIpc) is 2.19. The van der Waals surface area contributed by atoms with E-state index in [1.807, 2.05) is 0 Å². The Hall–Kier alpha value is -0.390. The zero-order chi connectivity index (χ0) is 13.3. The first-order valence-electron chi connectivity index (χ1n) is 4.14. The smallest absolute Gasteiger partial charge is 0.417 e. The lowest BCUT2D eigenvalue weighted by molar-refractivity contribution is 0.223. The van der Waals surface area contributed by atoms with Gasteiger partial charge in [0.1, 0.15) is 5.75 Å². The molecule has 96 valence electrons. The number of aliphatic hydroxyl groups is 1. The van der Waals surface area contributed by atoms with Gasteiger partial charge in [-0.2, -0.15) is 0 Å². The molecule has 0 fully saturated rings. The number of hydrogen-bond acceptors (Lipinski definition) is 4. The van der Waals surface area contributed by atoms with E-state index in [4.69, 9.17) is 26.5 Å². The zero-order valence-electron chi connectivity index (χ0n) is 8.17. The lowest BCUT2D eigenvalue weighted by atomic mass is 10.3. The van der Waals surface area contributed by atoms with E-state index < -0.39 is 20.8 Å². The molecule has 0 radical (unpaired) electrons. The molecule has 10 heteroatoms. The fourth-order valence-electron chi connectivity index (χ4n) is 0.897. The maximum atomic E-state index is 11.4. The molecule has 0 aliphatic carbocycles. The lowest BCUT2D eigenvalue weighted by Gasteiger charge is -2.19. The molecular weight excluding hydrogens is 293 g/mol. The first-order valence-corrected chi connectivity index (χ1v) is 7.85. The van der Waals surface area contributed by atoms with Gasteiger partial charge in [-0.1, -0.05) is 23.7 Å². The first-order chi connectivity index (χ1) is 7.64. The van der Waals surface area contributed by atoms with Crippen LogP contribution in [0, 0.1) is 0 Å². The number of aliphatic hydroxyl groups excluding tert-OH is 1. The minimum Gasteiger partial charge on any atom is -0.421 e. The largest absolute Gasteiger partial charge is 0.421 e. The van der Waals surface area contributed by atoms with Crippen molar-refractivity contribution in [3.63, 3.8) is 0 Å². The quantitative estimate of drug-likeness (QED) is 0.619. The van der Waals surface area contributed by atoms with Crippen molar-refractivity contribution in [1.82, 2.24) is 0 Å². The number of rotatable bonds is 4. The molecule has 1 aromatic rings. The van der Waals surface area contributed by atoms with Crippen molar-refractivity contribution in [2.24, 2.45) is 0 Å². The molecule has 17 heavy (non-hydrogen) atoms. The van der Waals surface area contributed by atoms with Gasteiger partial charge in [0.05, 0.1) is 5.02 Å². The summed E-state index contributed by atoms with van der Waals surface area (Å²) in [4.78, 5) is 26.4. The minimum absolute atomic E-state index is 0.0281. The second-order valence-electron chi connectivity index (χ2n) is 3.02. The van der Waals surface area contributed by atoms with Gasteiger partial charge in [0.2, 0.25) is 0 Å². The summed E-state index contributed by atoms with van der Waals surface area (Å²) in [7, 11) is -10.1. The Morgan fingerprint density at radius 2 is 1.71 bits per heavy atom. The average molecular weight is 303 g/mol. The van der Waals surface area contributed by atoms with Crippen LogP contribution in [0.4, 0.5) is 0 Å². The third kappa shape index (κ3) is 3.79. The number of benzene rings is 1. The van der Waals surface area contributed by atoms with Crippen molar-refractivity contribution in [3.8, 4) is 5.75 Å². The molecule has 0 heterocycles. The van der Waals surface area contributed by atoms with E-state index in [9.17, 15) is 14.0 Å². The third-order valence-corrected chi connectivity index (χ3v) is 5.39. The van der Waals surface area contributed by atoms with Crippen LogP contribution in [0.1, 0.15) is 0 Å². The Balaban J connectivity index is 2.99. The normalized spacial score (nSPS) is 17.2. The molecule has 0 aliphatic rings. The summed E-state index contributed by atoms with van der Waals surface area (Å²) in [6.45, 7) is 0.